The molecule has 0 bridgehead atoms. The highest BCUT2D eigenvalue weighted by molar-refractivity contribution is 5.77. The summed E-state index contributed by atoms with van der Waals surface area (Å²) in [6.07, 6.45) is 6.11. The van der Waals surface area contributed by atoms with Crippen LogP contribution in [0.4, 0.5) is 5.69 Å². The molecule has 0 radical (unpaired) electrons. The van der Waals surface area contributed by atoms with E-state index in [1.165, 1.54) is 0 Å². The number of carbonyl (C=O) groups is 2. The lowest BCUT2D eigenvalue weighted by Gasteiger charge is -2.46. The third-order valence-corrected chi connectivity index (χ3v) is 5.85. The molecule has 3 heterocycles. The van der Waals surface area contributed by atoms with E-state index in [4.69, 9.17) is 14.9 Å². The molecule has 0 spiro atoms. The Kier molecular flexibility index (Phi) is 12.6. The zero-order valence-electron chi connectivity index (χ0n) is 22.3. The lowest BCUT2D eigenvalue weighted by atomic mass is 9.84. The van der Waals surface area contributed by atoms with Crippen molar-refractivity contribution in [2.24, 2.45) is 0 Å². The van der Waals surface area contributed by atoms with Crippen LogP contribution in [-0.4, -0.2) is 69.0 Å². The van der Waals surface area contributed by atoms with Crippen LogP contribution in [0.15, 0.2) is 48.8 Å². The van der Waals surface area contributed by atoms with E-state index in [0.717, 1.165) is 56.4 Å². The normalized spacial score (nSPS) is 14.5. The van der Waals surface area contributed by atoms with Crippen molar-refractivity contribution in [2.45, 2.75) is 58.5 Å². The number of aliphatic hydroxyl groups is 1. The number of anilines is 1. The van der Waals surface area contributed by atoms with Gasteiger partial charge in [0.15, 0.2) is 11.6 Å². The van der Waals surface area contributed by atoms with Gasteiger partial charge in [-0.05, 0) is 57.9 Å². The van der Waals surface area contributed by atoms with E-state index in [0.29, 0.717) is 11.4 Å². The molecule has 9 nitrogen and oxygen atoms in total. The summed E-state index contributed by atoms with van der Waals surface area (Å²) < 4.78 is 0. The lowest BCUT2D eigenvalue weighted by molar-refractivity contribution is -0.0980. The van der Waals surface area contributed by atoms with Crippen LogP contribution in [0.1, 0.15) is 63.6 Å². The molecule has 1 saturated heterocycles. The minimum absolute atomic E-state index is 0.118. The van der Waals surface area contributed by atoms with Crippen molar-refractivity contribution in [2.75, 3.05) is 25.5 Å². The molecular weight excluding hydrogens is 456 g/mol. The molecule has 4 rings (SSSR count). The quantitative estimate of drug-likeness (QED) is 0.446. The largest absolute Gasteiger partial charge is 0.400 e. The highest BCUT2D eigenvalue weighted by atomic mass is 16.2. The molecular formula is C27H40N6O3. The first-order valence-corrected chi connectivity index (χ1v) is 12.0. The van der Waals surface area contributed by atoms with Crippen molar-refractivity contribution in [1.82, 2.24) is 25.1 Å². The third kappa shape index (κ3) is 7.79. The van der Waals surface area contributed by atoms with E-state index in [-0.39, 0.29) is 11.1 Å². The average molecular weight is 497 g/mol. The van der Waals surface area contributed by atoms with Crippen molar-refractivity contribution in [1.29, 1.82) is 0 Å². The minimum Gasteiger partial charge on any atom is -0.400 e. The summed E-state index contributed by atoms with van der Waals surface area (Å²) in [6, 6.07) is 11.4. The van der Waals surface area contributed by atoms with Gasteiger partial charge < -0.3 is 15.2 Å². The fraction of sp³-hybridized carbons (Fsp3) is 0.444. The van der Waals surface area contributed by atoms with Crippen LogP contribution in [0.2, 0.25) is 0 Å². The van der Waals surface area contributed by atoms with Crippen molar-refractivity contribution >= 4 is 18.8 Å². The number of rotatable bonds is 5. The maximum atomic E-state index is 11.2. The molecule has 1 fully saturated rings. The van der Waals surface area contributed by atoms with Crippen molar-refractivity contribution in [3.63, 3.8) is 0 Å². The van der Waals surface area contributed by atoms with Crippen LogP contribution in [0, 0.1) is 0 Å². The fourth-order valence-corrected chi connectivity index (χ4v) is 4.05. The number of hydrogen-bond acceptors (Lipinski definition) is 8. The van der Waals surface area contributed by atoms with E-state index in [9.17, 15) is 4.79 Å². The molecule has 1 aliphatic rings. The molecule has 3 aromatic rings. The van der Waals surface area contributed by atoms with Crippen molar-refractivity contribution < 1.29 is 14.7 Å². The Hall–Kier alpha value is -3.43. The maximum absolute atomic E-state index is 11.2. The number of piperidine rings is 1. The van der Waals surface area contributed by atoms with Crippen LogP contribution < -0.4 is 5.32 Å². The van der Waals surface area contributed by atoms with Crippen molar-refractivity contribution in [3.8, 4) is 11.4 Å². The smallest absolute Gasteiger partial charge is 0.181 e. The summed E-state index contributed by atoms with van der Waals surface area (Å²) in [7, 11) is 1.00. The highest BCUT2D eigenvalue weighted by Crippen LogP contribution is 2.37. The van der Waals surface area contributed by atoms with Crippen LogP contribution in [-0.2, 0) is 10.3 Å². The maximum Gasteiger partial charge on any atom is 0.181 e. The van der Waals surface area contributed by atoms with E-state index >= 15 is 0 Å². The SMILES string of the molecule is C=O.CC.CC(C)(C)N1CCC(Nc2cccc(C=O)c2)(c2nc(-c3ccncc3)n[nH]2)CC1.CO. The Bertz CT molecular complexity index is 1030. The van der Waals surface area contributed by atoms with E-state index in [2.05, 4.69) is 46.2 Å². The fourth-order valence-electron chi connectivity index (χ4n) is 4.05. The number of hydrogen-bond donors (Lipinski definition) is 3. The predicted molar refractivity (Wildman–Crippen MR) is 144 cm³/mol. The summed E-state index contributed by atoms with van der Waals surface area (Å²) in [4.78, 5) is 30.7. The molecule has 0 saturated carbocycles. The molecule has 1 aliphatic heterocycles. The number of benzene rings is 1. The number of carbonyl (C=O) groups excluding carboxylic acids is 2. The number of H-pyrrole nitrogens is 1. The van der Waals surface area contributed by atoms with Gasteiger partial charge in [-0.3, -0.25) is 19.8 Å². The van der Waals surface area contributed by atoms with Gasteiger partial charge in [0.05, 0.1) is 5.54 Å². The van der Waals surface area contributed by atoms with Gasteiger partial charge in [-0.1, -0.05) is 26.0 Å². The summed E-state index contributed by atoms with van der Waals surface area (Å²) in [5, 5.41) is 18.4. The average Bonchev–Trinajstić information content (AvgIpc) is 3.44. The number of nitrogens with zero attached hydrogens (tertiary/aromatic N) is 4. The summed E-state index contributed by atoms with van der Waals surface area (Å²) in [5.41, 5.74) is 2.22. The zero-order valence-corrected chi connectivity index (χ0v) is 22.3. The molecule has 9 heteroatoms. The number of aromatic amines is 1. The second-order valence-corrected chi connectivity index (χ2v) is 8.85. The van der Waals surface area contributed by atoms with Crippen LogP contribution >= 0.6 is 0 Å². The molecule has 1 aromatic carbocycles. The summed E-state index contributed by atoms with van der Waals surface area (Å²) in [6.45, 7) is 14.6. The third-order valence-electron chi connectivity index (χ3n) is 5.85. The number of likely N-dealkylation sites (tertiary alicyclic amines) is 1. The molecule has 2 aromatic heterocycles. The van der Waals surface area contributed by atoms with Gasteiger partial charge in [-0.25, -0.2) is 4.98 Å². The van der Waals surface area contributed by atoms with Gasteiger partial charge in [-0.2, -0.15) is 5.10 Å². The first-order chi connectivity index (χ1) is 17.4. The Balaban J connectivity index is 0.00000101. The second kappa shape index (κ2) is 14.9. The number of pyridine rings is 1. The standard InChI is InChI=1S/C23H28N6O.C2H6.CH4O.CH2O/c1-22(2,3)29-13-9-23(10-14-29,26-19-6-4-5-17(15-19)16-30)21-25-20(27-28-21)18-7-11-24-12-8-18;3*1-2/h4-8,11-12,15-16,26H,9-10,13-14H2,1-3H3,(H,25,27,28);1-2H3;2H,1H3;1H2. The number of aldehydes is 1. The molecule has 0 aliphatic carbocycles. The number of aliphatic hydroxyl groups excluding tert-OH is 1. The van der Waals surface area contributed by atoms with E-state index < -0.39 is 0 Å². The Labute approximate surface area is 214 Å². The first kappa shape index (κ1) is 30.6. The number of aromatic nitrogens is 4. The van der Waals surface area contributed by atoms with Gasteiger partial charge in [0.2, 0.25) is 0 Å². The monoisotopic (exact) mass is 496 g/mol. The predicted octanol–water partition coefficient (Wildman–Crippen LogP) is 4.33. The topological polar surface area (TPSA) is 124 Å². The first-order valence-electron chi connectivity index (χ1n) is 12.0. The summed E-state index contributed by atoms with van der Waals surface area (Å²) in [5.74, 6) is 1.48. The highest BCUT2D eigenvalue weighted by Gasteiger charge is 2.41. The van der Waals surface area contributed by atoms with Gasteiger partial charge >= 0.3 is 0 Å². The second-order valence-electron chi connectivity index (χ2n) is 8.85. The molecule has 0 atom stereocenters. The molecule has 196 valence electrons. The van der Waals surface area contributed by atoms with Crippen LogP contribution in [0.5, 0.6) is 0 Å². The summed E-state index contributed by atoms with van der Waals surface area (Å²) >= 11 is 0. The molecule has 0 amide bonds. The lowest BCUT2D eigenvalue weighted by Crippen LogP contribution is -2.53. The molecule has 36 heavy (non-hydrogen) atoms. The Morgan fingerprint density at radius 2 is 1.69 bits per heavy atom. The molecule has 3 N–H and O–H groups in total. The Morgan fingerprint density at radius 3 is 2.25 bits per heavy atom. The van der Waals surface area contributed by atoms with Gasteiger partial charge in [0.1, 0.15) is 13.1 Å². The van der Waals surface area contributed by atoms with Crippen LogP contribution in [0.25, 0.3) is 11.4 Å². The van der Waals surface area contributed by atoms with Gasteiger partial charge in [0, 0.05) is 54.9 Å². The number of nitrogens with one attached hydrogen (secondary N) is 2. The van der Waals surface area contributed by atoms with Crippen molar-refractivity contribution in [3.05, 3.63) is 60.2 Å². The van der Waals surface area contributed by atoms with Gasteiger partial charge in [0.25, 0.3) is 0 Å². The Morgan fingerprint density at radius 1 is 1.08 bits per heavy atom. The van der Waals surface area contributed by atoms with Gasteiger partial charge in [-0.15, -0.1) is 0 Å². The minimum atomic E-state index is -0.387. The van der Waals surface area contributed by atoms with Crippen LogP contribution in [0.3, 0.4) is 0 Å². The van der Waals surface area contributed by atoms with E-state index in [1.54, 1.807) is 12.4 Å². The molecule has 0 unspecified atom stereocenters. The zero-order chi connectivity index (χ0) is 27.2. The van der Waals surface area contributed by atoms with E-state index in [1.807, 2.05) is 57.0 Å².